The first-order chi connectivity index (χ1) is 14.5. The molecule has 0 bridgehead atoms. The number of benzene rings is 2. The molecule has 7 heteroatoms. The molecule has 3 rings (SSSR count). The summed E-state index contributed by atoms with van der Waals surface area (Å²) in [5, 5.41) is 6.65. The van der Waals surface area contributed by atoms with Gasteiger partial charge in [-0.2, -0.15) is 18.3 Å². The second-order valence-electron chi connectivity index (χ2n) is 7.43. The summed E-state index contributed by atoms with van der Waals surface area (Å²) in [4.78, 5) is 0. The minimum atomic E-state index is -4.56. The standard InChI is InChI=1S/C24H21F5N2/c1-6-17(15(5)22-19(25)7-12(2)8-20(22)26)21-13(3)9-16(24(27,28)29)10-18(21)23-14(4)11-30-31-23/h6-11H,5H2,1-4H3,(H,30,31)/b17-6-. The molecule has 0 amide bonds. The van der Waals surface area contributed by atoms with E-state index < -0.39 is 23.4 Å². The normalized spacial score (nSPS) is 12.4. The molecule has 31 heavy (non-hydrogen) atoms. The van der Waals surface area contributed by atoms with Crippen LogP contribution in [0.3, 0.4) is 0 Å². The third-order valence-corrected chi connectivity index (χ3v) is 5.13. The number of hydrogen-bond acceptors (Lipinski definition) is 1. The van der Waals surface area contributed by atoms with Crippen LogP contribution in [-0.2, 0) is 6.18 Å². The van der Waals surface area contributed by atoms with Crippen molar-refractivity contribution in [1.82, 2.24) is 10.2 Å². The summed E-state index contributed by atoms with van der Waals surface area (Å²) < 4.78 is 69.8. The van der Waals surface area contributed by atoms with Gasteiger partial charge in [-0.1, -0.05) is 12.7 Å². The van der Waals surface area contributed by atoms with Crippen molar-refractivity contribution in [3.05, 3.63) is 88.1 Å². The Morgan fingerprint density at radius 2 is 1.58 bits per heavy atom. The van der Waals surface area contributed by atoms with Crippen LogP contribution in [0.2, 0.25) is 0 Å². The zero-order valence-corrected chi connectivity index (χ0v) is 17.5. The summed E-state index contributed by atoms with van der Waals surface area (Å²) in [6.45, 7) is 10.3. The summed E-state index contributed by atoms with van der Waals surface area (Å²) >= 11 is 0. The molecular formula is C24H21F5N2. The second-order valence-corrected chi connectivity index (χ2v) is 7.43. The number of hydrogen-bond donors (Lipinski definition) is 1. The van der Waals surface area contributed by atoms with Crippen LogP contribution in [0.5, 0.6) is 0 Å². The molecule has 0 aliphatic heterocycles. The molecule has 0 unspecified atom stereocenters. The van der Waals surface area contributed by atoms with Gasteiger partial charge in [-0.15, -0.1) is 0 Å². The molecule has 0 saturated heterocycles. The van der Waals surface area contributed by atoms with E-state index in [0.29, 0.717) is 33.5 Å². The van der Waals surface area contributed by atoms with E-state index in [2.05, 4.69) is 16.8 Å². The fraction of sp³-hybridized carbons (Fsp3) is 0.208. The maximum atomic E-state index is 14.6. The summed E-state index contributed by atoms with van der Waals surface area (Å²) in [5.41, 5.74) is 1.58. The van der Waals surface area contributed by atoms with E-state index in [4.69, 9.17) is 0 Å². The number of aromatic nitrogens is 2. The highest BCUT2D eigenvalue weighted by molar-refractivity contribution is 6.07. The average molecular weight is 432 g/mol. The average Bonchev–Trinajstić information content (AvgIpc) is 3.07. The molecule has 1 N–H and O–H groups in total. The van der Waals surface area contributed by atoms with Gasteiger partial charge < -0.3 is 0 Å². The van der Waals surface area contributed by atoms with Crippen LogP contribution in [0, 0.1) is 32.4 Å². The Morgan fingerprint density at radius 1 is 0.968 bits per heavy atom. The largest absolute Gasteiger partial charge is 0.416 e. The van der Waals surface area contributed by atoms with E-state index >= 15 is 0 Å². The Kier molecular flexibility index (Phi) is 5.89. The van der Waals surface area contributed by atoms with Gasteiger partial charge in [-0.05, 0) is 85.4 Å². The minimum Gasteiger partial charge on any atom is -0.278 e. The van der Waals surface area contributed by atoms with Crippen molar-refractivity contribution in [2.75, 3.05) is 0 Å². The van der Waals surface area contributed by atoms with Gasteiger partial charge in [-0.25, -0.2) is 8.78 Å². The van der Waals surface area contributed by atoms with Crippen LogP contribution in [-0.4, -0.2) is 10.2 Å². The SMILES string of the molecule is C=C(/C(=C/C)c1c(C)cc(C(F)(F)F)cc1-c1[nH]ncc1C)c1c(F)cc(C)cc1F. The predicted octanol–water partition coefficient (Wildman–Crippen LogP) is 7.42. The molecule has 0 radical (unpaired) electrons. The maximum Gasteiger partial charge on any atom is 0.416 e. The maximum absolute atomic E-state index is 14.6. The Bertz CT molecular complexity index is 1180. The number of H-pyrrole nitrogens is 1. The van der Waals surface area contributed by atoms with Crippen LogP contribution in [0.4, 0.5) is 22.0 Å². The fourth-order valence-corrected chi connectivity index (χ4v) is 3.72. The Morgan fingerprint density at radius 3 is 2.06 bits per heavy atom. The molecule has 0 atom stereocenters. The van der Waals surface area contributed by atoms with Gasteiger partial charge in [0.15, 0.2) is 0 Å². The van der Waals surface area contributed by atoms with Crippen molar-refractivity contribution in [2.24, 2.45) is 0 Å². The first-order valence-corrected chi connectivity index (χ1v) is 9.49. The topological polar surface area (TPSA) is 28.7 Å². The Hall–Kier alpha value is -3.22. The molecule has 0 saturated carbocycles. The van der Waals surface area contributed by atoms with Crippen LogP contribution < -0.4 is 0 Å². The highest BCUT2D eigenvalue weighted by Crippen LogP contribution is 2.43. The predicted molar refractivity (Wildman–Crippen MR) is 112 cm³/mol. The van der Waals surface area contributed by atoms with Crippen LogP contribution >= 0.6 is 0 Å². The summed E-state index contributed by atoms with van der Waals surface area (Å²) in [6, 6.07) is 4.41. The molecule has 2 aromatic carbocycles. The van der Waals surface area contributed by atoms with Gasteiger partial charge in [0.05, 0.1) is 23.0 Å². The fourth-order valence-electron chi connectivity index (χ4n) is 3.72. The third kappa shape index (κ3) is 4.17. The molecule has 0 aliphatic carbocycles. The number of aryl methyl sites for hydroxylation is 3. The van der Waals surface area contributed by atoms with Crippen molar-refractivity contribution >= 4 is 11.1 Å². The third-order valence-electron chi connectivity index (χ3n) is 5.13. The van der Waals surface area contributed by atoms with Gasteiger partial charge in [0, 0.05) is 5.56 Å². The molecule has 0 fully saturated rings. The monoisotopic (exact) mass is 432 g/mol. The quantitative estimate of drug-likeness (QED) is 0.337. The number of allylic oxidation sites excluding steroid dienone is 3. The number of nitrogens with zero attached hydrogens (tertiary/aromatic N) is 1. The summed E-state index contributed by atoms with van der Waals surface area (Å²) in [6.07, 6.45) is -1.47. The van der Waals surface area contributed by atoms with Gasteiger partial charge in [-0.3, -0.25) is 5.10 Å². The smallest absolute Gasteiger partial charge is 0.278 e. The lowest BCUT2D eigenvalue weighted by Gasteiger charge is -2.21. The second kappa shape index (κ2) is 8.13. The van der Waals surface area contributed by atoms with E-state index in [9.17, 15) is 22.0 Å². The molecule has 1 aromatic heterocycles. The lowest BCUT2D eigenvalue weighted by Crippen LogP contribution is -2.08. The number of halogens is 5. The van der Waals surface area contributed by atoms with E-state index in [0.717, 1.165) is 12.1 Å². The zero-order valence-electron chi connectivity index (χ0n) is 17.5. The van der Waals surface area contributed by atoms with Crippen molar-refractivity contribution in [3.8, 4) is 11.3 Å². The highest BCUT2D eigenvalue weighted by Gasteiger charge is 2.33. The molecule has 2 nitrogen and oxygen atoms in total. The minimum absolute atomic E-state index is 0.0405. The van der Waals surface area contributed by atoms with E-state index in [-0.39, 0.29) is 16.7 Å². The Labute approximate surface area is 177 Å². The first kappa shape index (κ1) is 22.5. The molecule has 0 aliphatic rings. The number of alkyl halides is 3. The van der Waals surface area contributed by atoms with Crippen LogP contribution in [0.15, 0.2) is 43.1 Å². The van der Waals surface area contributed by atoms with Gasteiger partial charge >= 0.3 is 6.18 Å². The van der Waals surface area contributed by atoms with E-state index in [1.165, 1.54) is 25.3 Å². The van der Waals surface area contributed by atoms with Crippen molar-refractivity contribution in [3.63, 3.8) is 0 Å². The lowest BCUT2D eigenvalue weighted by molar-refractivity contribution is -0.137. The van der Waals surface area contributed by atoms with Crippen LogP contribution in [0.25, 0.3) is 22.4 Å². The molecular weight excluding hydrogens is 411 g/mol. The van der Waals surface area contributed by atoms with Crippen molar-refractivity contribution < 1.29 is 22.0 Å². The number of aromatic amines is 1. The van der Waals surface area contributed by atoms with Crippen LogP contribution in [0.1, 0.15) is 40.3 Å². The first-order valence-electron chi connectivity index (χ1n) is 9.49. The van der Waals surface area contributed by atoms with E-state index in [1.54, 1.807) is 26.8 Å². The van der Waals surface area contributed by atoms with Crippen molar-refractivity contribution in [1.29, 1.82) is 0 Å². The molecule has 3 aromatic rings. The van der Waals surface area contributed by atoms with Gasteiger partial charge in [0.25, 0.3) is 0 Å². The number of nitrogens with one attached hydrogen (secondary N) is 1. The number of rotatable bonds is 4. The summed E-state index contributed by atoms with van der Waals surface area (Å²) in [5.74, 6) is -1.57. The zero-order chi connectivity index (χ0) is 23.1. The molecule has 162 valence electrons. The van der Waals surface area contributed by atoms with Gasteiger partial charge in [0.1, 0.15) is 11.6 Å². The van der Waals surface area contributed by atoms with Gasteiger partial charge in [0.2, 0.25) is 0 Å². The lowest BCUT2D eigenvalue weighted by atomic mass is 9.84. The molecule has 1 heterocycles. The van der Waals surface area contributed by atoms with Crippen molar-refractivity contribution in [2.45, 2.75) is 33.9 Å². The summed E-state index contributed by atoms with van der Waals surface area (Å²) in [7, 11) is 0. The molecule has 0 spiro atoms. The van der Waals surface area contributed by atoms with E-state index in [1.807, 2.05) is 0 Å². The Balaban J connectivity index is 2.30. The highest BCUT2D eigenvalue weighted by atomic mass is 19.4.